The van der Waals surface area contributed by atoms with Crippen LogP contribution in [0.25, 0.3) is 0 Å². The summed E-state index contributed by atoms with van der Waals surface area (Å²) >= 11 is 3.35. The van der Waals surface area contributed by atoms with Crippen molar-refractivity contribution in [1.82, 2.24) is 14.9 Å². The average molecular weight is 503 g/mol. The summed E-state index contributed by atoms with van der Waals surface area (Å²) in [5.41, 5.74) is 0.960. The lowest BCUT2D eigenvalue weighted by Gasteiger charge is -2.07. The molecule has 0 bridgehead atoms. The molecular formula is C22H17BrF2N4O3. The molecule has 0 saturated carbocycles. The van der Waals surface area contributed by atoms with Crippen LogP contribution in [0.3, 0.4) is 0 Å². The largest absolute Gasteiger partial charge is 0.489 e. The van der Waals surface area contributed by atoms with Gasteiger partial charge in [0.05, 0.1) is 16.6 Å². The zero-order valence-electron chi connectivity index (χ0n) is 16.8. The van der Waals surface area contributed by atoms with Crippen molar-refractivity contribution < 1.29 is 22.8 Å². The minimum atomic E-state index is -0.545. The zero-order valence-corrected chi connectivity index (χ0v) is 18.4. The molecule has 0 unspecified atom stereocenters. The minimum absolute atomic E-state index is 0.00656. The van der Waals surface area contributed by atoms with Crippen molar-refractivity contribution in [2.24, 2.45) is 0 Å². The Balaban J connectivity index is 1.47. The van der Waals surface area contributed by atoms with E-state index in [9.17, 15) is 13.6 Å². The molecule has 0 saturated heterocycles. The molecule has 0 aliphatic heterocycles. The molecule has 1 amide bonds. The van der Waals surface area contributed by atoms with Crippen LogP contribution in [0.15, 0.2) is 63.7 Å². The number of rotatable bonds is 7. The van der Waals surface area contributed by atoms with Gasteiger partial charge in [-0.3, -0.25) is 9.48 Å². The highest BCUT2D eigenvalue weighted by Crippen LogP contribution is 2.24. The van der Waals surface area contributed by atoms with Crippen LogP contribution in [0, 0.1) is 18.6 Å². The maximum absolute atomic E-state index is 13.9. The number of aryl methyl sites for hydroxylation is 1. The van der Waals surface area contributed by atoms with Crippen molar-refractivity contribution in [3.63, 3.8) is 0 Å². The smallest absolute Gasteiger partial charge is 0.279 e. The normalized spacial score (nSPS) is 10.9. The molecule has 10 heteroatoms. The molecule has 32 heavy (non-hydrogen) atoms. The predicted octanol–water partition coefficient (Wildman–Crippen LogP) is 5.10. The molecule has 0 aliphatic carbocycles. The number of carbonyl (C=O) groups excluding carboxylic acids is 1. The Morgan fingerprint density at radius 3 is 2.69 bits per heavy atom. The standard InChI is InChI=1S/C22H17BrF2N4O3/c1-13-17(12-31-16-8-6-15(24)7-9-16)20(28-32-13)22(30)26-21-18(23)11-29(27-21)10-14-4-2-3-5-19(14)25/h2-9,11H,10,12H2,1H3,(H,26,27,30). The van der Waals surface area contributed by atoms with E-state index in [1.807, 2.05) is 0 Å². The molecule has 2 aromatic carbocycles. The first-order valence-electron chi connectivity index (χ1n) is 9.52. The lowest BCUT2D eigenvalue weighted by Crippen LogP contribution is -2.16. The van der Waals surface area contributed by atoms with E-state index < -0.39 is 5.91 Å². The minimum Gasteiger partial charge on any atom is -0.489 e. The first-order valence-corrected chi connectivity index (χ1v) is 10.3. The van der Waals surface area contributed by atoms with Crippen LogP contribution in [0.1, 0.15) is 27.4 Å². The van der Waals surface area contributed by atoms with E-state index in [4.69, 9.17) is 9.26 Å². The fourth-order valence-electron chi connectivity index (χ4n) is 2.96. The summed E-state index contributed by atoms with van der Waals surface area (Å²) in [6.07, 6.45) is 1.63. The Kier molecular flexibility index (Phi) is 6.31. The first kappa shape index (κ1) is 21.7. The summed E-state index contributed by atoms with van der Waals surface area (Å²) in [5, 5.41) is 10.8. The van der Waals surface area contributed by atoms with E-state index in [-0.39, 0.29) is 36.3 Å². The van der Waals surface area contributed by atoms with Gasteiger partial charge >= 0.3 is 0 Å². The Bertz CT molecular complexity index is 1250. The van der Waals surface area contributed by atoms with Crippen molar-refractivity contribution in [3.05, 3.63) is 93.4 Å². The highest BCUT2D eigenvalue weighted by Gasteiger charge is 2.22. The van der Waals surface area contributed by atoms with Gasteiger partial charge < -0.3 is 14.6 Å². The molecule has 0 spiro atoms. The number of carbonyl (C=O) groups is 1. The fraction of sp³-hybridized carbons (Fsp3) is 0.136. The third kappa shape index (κ3) is 4.86. The maximum atomic E-state index is 13.9. The molecule has 4 aromatic rings. The van der Waals surface area contributed by atoms with Gasteiger partial charge in [-0.05, 0) is 53.2 Å². The Morgan fingerprint density at radius 1 is 1.19 bits per heavy atom. The molecule has 0 aliphatic rings. The summed E-state index contributed by atoms with van der Waals surface area (Å²) in [6, 6.07) is 11.9. The van der Waals surface area contributed by atoms with Gasteiger partial charge in [0.15, 0.2) is 11.5 Å². The third-order valence-corrected chi connectivity index (χ3v) is 5.22. The van der Waals surface area contributed by atoms with Gasteiger partial charge in [-0.25, -0.2) is 8.78 Å². The average Bonchev–Trinajstić information content (AvgIpc) is 3.31. The monoisotopic (exact) mass is 502 g/mol. The van der Waals surface area contributed by atoms with Crippen molar-refractivity contribution in [2.75, 3.05) is 5.32 Å². The summed E-state index contributed by atoms with van der Waals surface area (Å²) in [5.74, 6) is -0.157. The third-order valence-electron chi connectivity index (χ3n) is 4.64. The number of hydrogen-bond acceptors (Lipinski definition) is 5. The number of halogens is 3. The number of nitrogens with one attached hydrogen (secondary N) is 1. The predicted molar refractivity (Wildman–Crippen MR) is 115 cm³/mol. The Hall–Kier alpha value is -3.53. The van der Waals surface area contributed by atoms with Gasteiger partial charge in [0.25, 0.3) is 5.91 Å². The van der Waals surface area contributed by atoms with Gasteiger partial charge in [-0.1, -0.05) is 23.4 Å². The second kappa shape index (κ2) is 9.31. The number of nitrogens with zero attached hydrogens (tertiary/aromatic N) is 3. The van der Waals surface area contributed by atoms with Gasteiger partial charge in [-0.15, -0.1) is 0 Å². The highest BCUT2D eigenvalue weighted by atomic mass is 79.9. The Labute approximate surface area is 190 Å². The summed E-state index contributed by atoms with van der Waals surface area (Å²) in [6.45, 7) is 1.86. The number of aromatic nitrogens is 3. The molecule has 2 heterocycles. The molecule has 0 atom stereocenters. The van der Waals surface area contributed by atoms with E-state index in [0.717, 1.165) is 0 Å². The number of amides is 1. The van der Waals surface area contributed by atoms with Crippen molar-refractivity contribution in [1.29, 1.82) is 0 Å². The molecule has 2 aromatic heterocycles. The molecule has 7 nitrogen and oxygen atoms in total. The summed E-state index contributed by atoms with van der Waals surface area (Å²) in [4.78, 5) is 12.8. The van der Waals surface area contributed by atoms with E-state index in [0.29, 0.717) is 27.1 Å². The van der Waals surface area contributed by atoms with Gasteiger partial charge in [-0.2, -0.15) is 5.10 Å². The van der Waals surface area contributed by atoms with Crippen LogP contribution < -0.4 is 10.1 Å². The molecule has 0 radical (unpaired) electrons. The van der Waals surface area contributed by atoms with Crippen molar-refractivity contribution in [2.45, 2.75) is 20.1 Å². The van der Waals surface area contributed by atoms with Crippen LogP contribution in [0.2, 0.25) is 0 Å². The molecule has 4 rings (SSSR count). The quantitative estimate of drug-likeness (QED) is 0.380. The number of benzene rings is 2. The number of ether oxygens (including phenoxy) is 1. The number of anilines is 1. The van der Waals surface area contributed by atoms with Crippen LogP contribution >= 0.6 is 15.9 Å². The van der Waals surface area contributed by atoms with Crippen LogP contribution in [-0.2, 0) is 13.2 Å². The van der Waals surface area contributed by atoms with Crippen molar-refractivity contribution in [3.8, 4) is 5.75 Å². The molecular weight excluding hydrogens is 486 g/mol. The van der Waals surface area contributed by atoms with Gasteiger partial charge in [0.1, 0.15) is 29.8 Å². The van der Waals surface area contributed by atoms with Crippen LogP contribution in [-0.4, -0.2) is 20.8 Å². The topological polar surface area (TPSA) is 82.2 Å². The summed E-state index contributed by atoms with van der Waals surface area (Å²) in [7, 11) is 0. The molecule has 0 fully saturated rings. The Morgan fingerprint density at radius 2 is 1.94 bits per heavy atom. The lowest BCUT2D eigenvalue weighted by atomic mass is 10.2. The molecule has 164 valence electrons. The zero-order chi connectivity index (χ0) is 22.7. The van der Waals surface area contributed by atoms with Crippen LogP contribution in [0.4, 0.5) is 14.6 Å². The summed E-state index contributed by atoms with van der Waals surface area (Å²) < 4.78 is 39.8. The van der Waals surface area contributed by atoms with Crippen molar-refractivity contribution >= 4 is 27.7 Å². The van der Waals surface area contributed by atoms with E-state index in [1.54, 1.807) is 31.3 Å². The van der Waals surface area contributed by atoms with Gasteiger partial charge in [0.2, 0.25) is 0 Å². The first-order chi connectivity index (χ1) is 15.4. The second-order valence-corrected chi connectivity index (χ2v) is 7.73. The lowest BCUT2D eigenvalue weighted by molar-refractivity contribution is 0.101. The fourth-order valence-corrected chi connectivity index (χ4v) is 3.37. The maximum Gasteiger partial charge on any atom is 0.279 e. The van der Waals surface area contributed by atoms with E-state index >= 15 is 0 Å². The van der Waals surface area contributed by atoms with Gasteiger partial charge in [0, 0.05) is 11.8 Å². The number of hydrogen-bond donors (Lipinski definition) is 1. The molecule has 1 N–H and O–H groups in total. The highest BCUT2D eigenvalue weighted by molar-refractivity contribution is 9.10. The van der Waals surface area contributed by atoms with E-state index in [1.165, 1.54) is 35.0 Å². The second-order valence-electron chi connectivity index (χ2n) is 6.88. The van der Waals surface area contributed by atoms with Crippen LogP contribution in [0.5, 0.6) is 5.75 Å². The SMILES string of the molecule is Cc1onc(C(=O)Nc2nn(Cc3ccccc3F)cc2Br)c1COc1ccc(F)cc1. The van der Waals surface area contributed by atoms with E-state index in [2.05, 4.69) is 31.5 Å².